The number of nitrogens with zero attached hydrogens (tertiary/aromatic N) is 1. The Kier molecular flexibility index (Phi) is 5.58. The van der Waals surface area contributed by atoms with Crippen LogP contribution >= 0.6 is 0 Å². The third-order valence-corrected chi connectivity index (χ3v) is 4.82. The minimum atomic E-state index is -4.44. The molecule has 7 heteroatoms. The number of rotatable bonds is 5. The number of nitrogens with one attached hydrogen (secondary N) is 2. The number of H-pyrrole nitrogens is 1. The van der Waals surface area contributed by atoms with Crippen LogP contribution in [0.2, 0.25) is 0 Å². The van der Waals surface area contributed by atoms with Gasteiger partial charge in [0.2, 0.25) is 5.91 Å². The molecule has 2 heterocycles. The molecule has 0 saturated heterocycles. The maximum absolute atomic E-state index is 13.2. The Morgan fingerprint density at radius 1 is 1.10 bits per heavy atom. The number of aromatic nitrogens is 2. The van der Waals surface area contributed by atoms with Gasteiger partial charge < -0.3 is 10.3 Å². The van der Waals surface area contributed by atoms with Crippen LogP contribution in [0.5, 0.6) is 0 Å². The average Bonchev–Trinajstić information content (AvgIpc) is 3.21. The summed E-state index contributed by atoms with van der Waals surface area (Å²) in [7, 11) is 0. The van der Waals surface area contributed by atoms with Gasteiger partial charge in [-0.1, -0.05) is 12.1 Å². The molecule has 0 aliphatic carbocycles. The van der Waals surface area contributed by atoms with Gasteiger partial charge in [0.15, 0.2) is 0 Å². The zero-order valence-electron chi connectivity index (χ0n) is 16.3. The smallest absolute Gasteiger partial charge is 0.361 e. The van der Waals surface area contributed by atoms with E-state index in [1.807, 2.05) is 24.4 Å². The summed E-state index contributed by atoms with van der Waals surface area (Å²) in [6.07, 6.45) is 3.68. The number of amides is 1. The molecule has 156 valence electrons. The highest BCUT2D eigenvalue weighted by atomic mass is 19.4. The molecule has 0 spiro atoms. The number of hydrogen-bond acceptors (Lipinski definition) is 2. The molecule has 0 aliphatic heterocycles. The number of pyridine rings is 1. The lowest BCUT2D eigenvalue weighted by Gasteiger charge is -2.12. The van der Waals surface area contributed by atoms with Crippen LogP contribution < -0.4 is 5.32 Å². The Hall–Kier alpha value is -3.87. The highest BCUT2D eigenvalue weighted by molar-refractivity contribution is 6.03. The number of halogens is 3. The second-order valence-corrected chi connectivity index (χ2v) is 7.05. The van der Waals surface area contributed by atoms with Crippen molar-refractivity contribution in [2.45, 2.75) is 12.6 Å². The van der Waals surface area contributed by atoms with Gasteiger partial charge in [0, 0.05) is 41.3 Å². The summed E-state index contributed by atoms with van der Waals surface area (Å²) in [6.45, 7) is 0. The molecule has 0 radical (unpaired) electrons. The summed E-state index contributed by atoms with van der Waals surface area (Å²) in [5.74, 6) is -0.373. The largest absolute Gasteiger partial charge is 0.416 e. The fraction of sp³-hybridized carbons (Fsp3) is 0.0833. The SMILES string of the molecule is O=C(C=Cc1ccc(C(F)(F)F)cc1Cc1cccnc1)Nc1ccc2[nH]ccc2c1. The van der Waals surface area contributed by atoms with Gasteiger partial charge in [0.1, 0.15) is 0 Å². The van der Waals surface area contributed by atoms with Crippen LogP contribution in [0.15, 0.2) is 79.3 Å². The van der Waals surface area contributed by atoms with Crippen LogP contribution in [0.4, 0.5) is 18.9 Å². The van der Waals surface area contributed by atoms with Gasteiger partial charge in [-0.05, 0) is 71.7 Å². The quantitative estimate of drug-likeness (QED) is 0.399. The van der Waals surface area contributed by atoms with E-state index in [0.717, 1.165) is 28.6 Å². The molecule has 4 rings (SSSR count). The Balaban J connectivity index is 1.56. The van der Waals surface area contributed by atoms with Crippen molar-refractivity contribution in [2.75, 3.05) is 5.32 Å². The van der Waals surface area contributed by atoms with E-state index in [1.54, 1.807) is 30.6 Å². The first-order chi connectivity index (χ1) is 14.9. The van der Waals surface area contributed by atoms with Crippen LogP contribution in [-0.2, 0) is 17.4 Å². The molecule has 0 saturated carbocycles. The molecule has 0 fully saturated rings. The maximum atomic E-state index is 13.2. The molecule has 1 amide bonds. The van der Waals surface area contributed by atoms with E-state index < -0.39 is 11.7 Å². The topological polar surface area (TPSA) is 57.8 Å². The highest BCUT2D eigenvalue weighted by Gasteiger charge is 2.30. The van der Waals surface area contributed by atoms with Crippen molar-refractivity contribution in [3.8, 4) is 0 Å². The summed E-state index contributed by atoms with van der Waals surface area (Å²) in [6, 6.07) is 14.4. The second-order valence-electron chi connectivity index (χ2n) is 7.05. The molecule has 4 aromatic rings. The lowest BCUT2D eigenvalue weighted by molar-refractivity contribution is -0.137. The first-order valence-corrected chi connectivity index (χ1v) is 9.54. The number of aromatic amines is 1. The number of alkyl halides is 3. The van der Waals surface area contributed by atoms with Crippen molar-refractivity contribution in [2.24, 2.45) is 0 Å². The Morgan fingerprint density at radius 2 is 1.97 bits per heavy atom. The van der Waals surface area contributed by atoms with Crippen molar-refractivity contribution in [3.63, 3.8) is 0 Å². The number of hydrogen-bond donors (Lipinski definition) is 2. The van der Waals surface area contributed by atoms with Gasteiger partial charge in [-0.15, -0.1) is 0 Å². The monoisotopic (exact) mass is 421 g/mol. The number of carbonyl (C=O) groups is 1. The number of fused-ring (bicyclic) bond motifs is 1. The molecule has 0 unspecified atom stereocenters. The van der Waals surface area contributed by atoms with Gasteiger partial charge in [0.05, 0.1) is 5.56 Å². The molecular formula is C24H18F3N3O. The van der Waals surface area contributed by atoms with Crippen molar-refractivity contribution < 1.29 is 18.0 Å². The zero-order valence-corrected chi connectivity index (χ0v) is 16.3. The van der Waals surface area contributed by atoms with E-state index in [2.05, 4.69) is 15.3 Å². The van der Waals surface area contributed by atoms with Crippen molar-refractivity contribution >= 4 is 28.6 Å². The molecule has 0 bridgehead atoms. The van der Waals surface area contributed by atoms with E-state index in [-0.39, 0.29) is 12.3 Å². The summed E-state index contributed by atoms with van der Waals surface area (Å²) < 4.78 is 39.6. The van der Waals surface area contributed by atoms with Gasteiger partial charge in [0.25, 0.3) is 0 Å². The summed E-state index contributed by atoms with van der Waals surface area (Å²) in [5.41, 5.74) is 2.63. The average molecular weight is 421 g/mol. The van der Waals surface area contributed by atoms with Gasteiger partial charge in [-0.2, -0.15) is 13.2 Å². The van der Waals surface area contributed by atoms with E-state index >= 15 is 0 Å². The third kappa shape index (κ3) is 5.01. The van der Waals surface area contributed by atoms with Crippen molar-refractivity contribution in [1.29, 1.82) is 0 Å². The van der Waals surface area contributed by atoms with Crippen LogP contribution in [0, 0.1) is 0 Å². The molecular weight excluding hydrogens is 403 g/mol. The van der Waals surface area contributed by atoms with Crippen LogP contribution in [-0.4, -0.2) is 15.9 Å². The molecule has 0 aliphatic rings. The van der Waals surface area contributed by atoms with Gasteiger partial charge >= 0.3 is 6.18 Å². The number of carbonyl (C=O) groups excluding carboxylic acids is 1. The fourth-order valence-electron chi connectivity index (χ4n) is 3.30. The molecule has 2 N–H and O–H groups in total. The van der Waals surface area contributed by atoms with Crippen molar-refractivity contribution in [3.05, 3.63) is 102 Å². The summed E-state index contributed by atoms with van der Waals surface area (Å²) in [5, 5.41) is 3.73. The molecule has 0 atom stereocenters. The van der Waals surface area contributed by atoms with Crippen LogP contribution in [0.25, 0.3) is 17.0 Å². The van der Waals surface area contributed by atoms with Crippen LogP contribution in [0.1, 0.15) is 22.3 Å². The molecule has 31 heavy (non-hydrogen) atoms. The van der Waals surface area contributed by atoms with E-state index in [9.17, 15) is 18.0 Å². The summed E-state index contributed by atoms with van der Waals surface area (Å²) in [4.78, 5) is 19.5. The Bertz CT molecular complexity index is 1240. The van der Waals surface area contributed by atoms with Gasteiger partial charge in [-0.3, -0.25) is 9.78 Å². The maximum Gasteiger partial charge on any atom is 0.416 e. The number of benzene rings is 2. The molecule has 2 aromatic heterocycles. The van der Waals surface area contributed by atoms with E-state index in [0.29, 0.717) is 16.8 Å². The zero-order chi connectivity index (χ0) is 21.8. The standard InChI is InChI=1S/C24H18F3N3O/c25-24(26,27)20-5-3-17(19(13-20)12-16-2-1-10-28-15-16)4-8-23(31)30-21-6-7-22-18(14-21)9-11-29-22/h1-11,13-15,29H,12H2,(H,30,31). The lowest BCUT2D eigenvalue weighted by atomic mass is 9.97. The Morgan fingerprint density at radius 3 is 2.74 bits per heavy atom. The lowest BCUT2D eigenvalue weighted by Crippen LogP contribution is -2.08. The van der Waals surface area contributed by atoms with Gasteiger partial charge in [-0.25, -0.2) is 0 Å². The molecule has 4 nitrogen and oxygen atoms in total. The highest BCUT2D eigenvalue weighted by Crippen LogP contribution is 2.31. The number of anilines is 1. The predicted octanol–water partition coefficient (Wildman–Crippen LogP) is 5.82. The Labute approximate surface area is 176 Å². The fourth-order valence-corrected chi connectivity index (χ4v) is 3.30. The minimum Gasteiger partial charge on any atom is -0.361 e. The first kappa shape index (κ1) is 20.4. The first-order valence-electron chi connectivity index (χ1n) is 9.54. The van der Waals surface area contributed by atoms with Crippen LogP contribution in [0.3, 0.4) is 0 Å². The normalized spacial score (nSPS) is 11.8. The molecule has 2 aromatic carbocycles. The minimum absolute atomic E-state index is 0.267. The van der Waals surface area contributed by atoms with E-state index in [1.165, 1.54) is 18.2 Å². The third-order valence-electron chi connectivity index (χ3n) is 4.82. The van der Waals surface area contributed by atoms with Crippen molar-refractivity contribution in [1.82, 2.24) is 9.97 Å². The predicted molar refractivity (Wildman–Crippen MR) is 114 cm³/mol. The summed E-state index contributed by atoms with van der Waals surface area (Å²) >= 11 is 0. The van der Waals surface area contributed by atoms with E-state index in [4.69, 9.17) is 0 Å². The second kappa shape index (κ2) is 8.47.